The molecule has 0 aliphatic rings. The van der Waals surface area contributed by atoms with E-state index in [4.69, 9.17) is 5.21 Å². The first-order valence-electron chi connectivity index (χ1n) is 4.17. The van der Waals surface area contributed by atoms with Gasteiger partial charge >= 0.3 is 0 Å². The van der Waals surface area contributed by atoms with Crippen LogP contribution in [0, 0.1) is 5.21 Å². The lowest BCUT2D eigenvalue weighted by Gasteiger charge is -2.14. The number of para-hydroxylation sites is 1. The molecule has 0 unspecified atom stereocenters. The Balaban J connectivity index is 2.36. The van der Waals surface area contributed by atoms with Crippen LogP contribution in [0.4, 0.5) is 0 Å². The summed E-state index contributed by atoms with van der Waals surface area (Å²) < 4.78 is 0. The molecule has 1 aromatic carbocycles. The Bertz CT molecular complexity index is 427. The van der Waals surface area contributed by atoms with E-state index in [0.29, 0.717) is 0 Å². The van der Waals surface area contributed by atoms with Crippen LogP contribution in [0.25, 0.3) is 17.0 Å². The molecule has 4 nitrogen and oxygen atoms in total. The normalized spacial score (nSPS) is 11.3. The van der Waals surface area contributed by atoms with E-state index in [1.54, 1.807) is 0 Å². The predicted octanol–water partition coefficient (Wildman–Crippen LogP) is 2.33. The number of nitrogens with one attached hydrogen (secondary N) is 1. The standard InChI is InChI=1S/C10H9N2O2/c13-12(14)6-5-9-7-8-3-1-2-4-10(8)11-9/h1-7,11,13H/q-1/b6-5+. The Morgan fingerprint density at radius 1 is 1.36 bits per heavy atom. The molecular formula is C10H9N2O2-. The molecule has 0 fully saturated rings. The third-order valence-electron chi connectivity index (χ3n) is 1.93. The summed E-state index contributed by atoms with van der Waals surface area (Å²) in [6.07, 6.45) is 2.54. The first-order chi connectivity index (χ1) is 6.75. The van der Waals surface area contributed by atoms with Crippen LogP contribution in [-0.2, 0) is 0 Å². The number of aromatic amines is 1. The van der Waals surface area contributed by atoms with Crippen LogP contribution in [-0.4, -0.2) is 15.4 Å². The number of nitrogens with zero attached hydrogens (tertiary/aromatic N) is 1. The van der Waals surface area contributed by atoms with Gasteiger partial charge in [-0.1, -0.05) is 18.2 Å². The fourth-order valence-electron chi connectivity index (χ4n) is 1.33. The van der Waals surface area contributed by atoms with Crippen molar-refractivity contribution in [1.29, 1.82) is 0 Å². The predicted molar refractivity (Wildman–Crippen MR) is 54.3 cm³/mol. The highest BCUT2D eigenvalue weighted by Crippen LogP contribution is 2.15. The van der Waals surface area contributed by atoms with Crippen molar-refractivity contribution in [1.82, 2.24) is 10.2 Å². The van der Waals surface area contributed by atoms with E-state index in [2.05, 4.69) is 4.98 Å². The maximum Gasteiger partial charge on any atom is 0.0458 e. The molecule has 4 heteroatoms. The number of aromatic nitrogens is 1. The van der Waals surface area contributed by atoms with Gasteiger partial charge in [0.15, 0.2) is 0 Å². The number of hydroxylamine groups is 2. The second-order valence-corrected chi connectivity index (χ2v) is 2.93. The summed E-state index contributed by atoms with van der Waals surface area (Å²) in [4.78, 5) is 3.09. The maximum absolute atomic E-state index is 10.2. The number of H-pyrrole nitrogens is 1. The monoisotopic (exact) mass is 189 g/mol. The van der Waals surface area contributed by atoms with E-state index in [0.717, 1.165) is 22.8 Å². The van der Waals surface area contributed by atoms with Gasteiger partial charge in [0.2, 0.25) is 0 Å². The van der Waals surface area contributed by atoms with Crippen molar-refractivity contribution in [2.75, 3.05) is 0 Å². The maximum atomic E-state index is 10.2. The van der Waals surface area contributed by atoms with Crippen LogP contribution in [0.2, 0.25) is 0 Å². The third kappa shape index (κ3) is 1.76. The second kappa shape index (κ2) is 3.53. The molecule has 0 atom stereocenters. The van der Waals surface area contributed by atoms with Crippen molar-refractivity contribution < 1.29 is 5.21 Å². The largest absolute Gasteiger partial charge is 0.734 e. The molecule has 0 saturated heterocycles. The molecule has 0 radical (unpaired) electrons. The van der Waals surface area contributed by atoms with Crippen molar-refractivity contribution in [3.8, 4) is 0 Å². The van der Waals surface area contributed by atoms with Gasteiger partial charge in [0, 0.05) is 17.4 Å². The van der Waals surface area contributed by atoms with Gasteiger partial charge < -0.3 is 15.4 Å². The zero-order chi connectivity index (χ0) is 9.97. The third-order valence-corrected chi connectivity index (χ3v) is 1.93. The van der Waals surface area contributed by atoms with Gasteiger partial charge in [-0.2, -0.15) is 0 Å². The van der Waals surface area contributed by atoms with Gasteiger partial charge in [-0.15, -0.1) is 0 Å². The minimum Gasteiger partial charge on any atom is -0.734 e. The molecule has 2 aromatic rings. The minimum absolute atomic E-state index is 0.231. The highest BCUT2D eigenvalue weighted by atomic mass is 16.8. The van der Waals surface area contributed by atoms with E-state index in [9.17, 15) is 5.21 Å². The number of hydrogen-bond donors (Lipinski definition) is 2. The highest BCUT2D eigenvalue weighted by molar-refractivity contribution is 5.82. The molecule has 1 aromatic heterocycles. The molecule has 1 heterocycles. The smallest absolute Gasteiger partial charge is 0.0458 e. The van der Waals surface area contributed by atoms with Gasteiger partial charge in [-0.05, 0) is 23.6 Å². The van der Waals surface area contributed by atoms with Crippen LogP contribution in [0.15, 0.2) is 36.5 Å². The Kier molecular flexibility index (Phi) is 2.22. The molecule has 0 bridgehead atoms. The molecule has 0 saturated carbocycles. The zero-order valence-corrected chi connectivity index (χ0v) is 7.34. The highest BCUT2D eigenvalue weighted by Gasteiger charge is 1.95. The topological polar surface area (TPSA) is 62.3 Å². The van der Waals surface area contributed by atoms with Gasteiger partial charge in [0.05, 0.1) is 0 Å². The first kappa shape index (κ1) is 8.80. The van der Waals surface area contributed by atoms with Crippen molar-refractivity contribution in [3.05, 3.63) is 47.4 Å². The molecule has 72 valence electrons. The fourth-order valence-corrected chi connectivity index (χ4v) is 1.33. The molecule has 2 rings (SSSR count). The summed E-state index contributed by atoms with van der Waals surface area (Å²) in [6, 6.07) is 9.68. The number of hydrogen-bond acceptors (Lipinski definition) is 3. The Hall–Kier alpha value is -1.78. The fraction of sp³-hybridized carbons (Fsp3) is 0. The van der Waals surface area contributed by atoms with Gasteiger partial charge in [0.1, 0.15) is 0 Å². The minimum atomic E-state index is -0.231. The Morgan fingerprint density at radius 3 is 2.86 bits per heavy atom. The van der Waals surface area contributed by atoms with Gasteiger partial charge in [0.25, 0.3) is 0 Å². The van der Waals surface area contributed by atoms with Crippen molar-refractivity contribution in [3.63, 3.8) is 0 Å². The van der Waals surface area contributed by atoms with E-state index < -0.39 is 0 Å². The van der Waals surface area contributed by atoms with E-state index in [1.165, 1.54) is 6.08 Å². The molecule has 14 heavy (non-hydrogen) atoms. The van der Waals surface area contributed by atoms with Crippen LogP contribution < -0.4 is 0 Å². The molecule has 0 spiro atoms. The van der Waals surface area contributed by atoms with Crippen LogP contribution in [0.5, 0.6) is 0 Å². The van der Waals surface area contributed by atoms with Crippen LogP contribution in [0.1, 0.15) is 5.69 Å². The second-order valence-electron chi connectivity index (χ2n) is 2.93. The summed E-state index contributed by atoms with van der Waals surface area (Å²) in [7, 11) is 0. The number of benzene rings is 1. The van der Waals surface area contributed by atoms with Crippen molar-refractivity contribution in [2.45, 2.75) is 0 Å². The molecule has 0 amide bonds. The van der Waals surface area contributed by atoms with E-state index >= 15 is 0 Å². The summed E-state index contributed by atoms with van der Waals surface area (Å²) in [5.74, 6) is 0. The van der Waals surface area contributed by atoms with E-state index in [1.807, 2.05) is 30.3 Å². The lowest BCUT2D eigenvalue weighted by atomic mass is 10.2. The Morgan fingerprint density at radius 2 is 2.14 bits per heavy atom. The van der Waals surface area contributed by atoms with Crippen LogP contribution >= 0.6 is 0 Å². The van der Waals surface area contributed by atoms with Gasteiger partial charge in [-0.25, -0.2) is 0 Å². The number of fused-ring (bicyclic) bond motifs is 1. The molecule has 0 aliphatic carbocycles. The first-order valence-corrected chi connectivity index (χ1v) is 4.17. The number of rotatable bonds is 2. The summed E-state index contributed by atoms with van der Waals surface area (Å²) in [5, 5.41) is 19.4. The summed E-state index contributed by atoms with van der Waals surface area (Å²) in [5.41, 5.74) is 1.78. The summed E-state index contributed by atoms with van der Waals surface area (Å²) >= 11 is 0. The van der Waals surface area contributed by atoms with Crippen LogP contribution in [0.3, 0.4) is 0 Å². The lowest BCUT2D eigenvalue weighted by molar-refractivity contribution is 0.0129. The SMILES string of the molecule is [O-]N(O)/C=C/c1cc2ccccc2[nH]1. The average Bonchev–Trinajstić information content (AvgIpc) is 2.57. The molecular weight excluding hydrogens is 180 g/mol. The lowest BCUT2D eigenvalue weighted by Crippen LogP contribution is -1.97. The molecule has 0 aliphatic heterocycles. The quantitative estimate of drug-likeness (QED) is 0.712. The van der Waals surface area contributed by atoms with Crippen molar-refractivity contribution in [2.24, 2.45) is 0 Å². The Labute approximate surface area is 80.6 Å². The van der Waals surface area contributed by atoms with Crippen molar-refractivity contribution >= 4 is 17.0 Å². The molecule has 2 N–H and O–H groups in total. The average molecular weight is 189 g/mol. The van der Waals surface area contributed by atoms with E-state index in [-0.39, 0.29) is 5.23 Å². The summed E-state index contributed by atoms with van der Waals surface area (Å²) in [6.45, 7) is 0. The zero-order valence-electron chi connectivity index (χ0n) is 7.34. The van der Waals surface area contributed by atoms with Gasteiger partial charge in [-0.3, -0.25) is 5.21 Å².